The summed E-state index contributed by atoms with van der Waals surface area (Å²) >= 11 is 0. The smallest absolute Gasteiger partial charge is 0.0949 e. The van der Waals surface area contributed by atoms with Crippen molar-refractivity contribution in [2.75, 3.05) is 19.7 Å². The normalized spacial score (nSPS) is 19.3. The second kappa shape index (κ2) is 5.55. The third-order valence-electron chi connectivity index (χ3n) is 3.59. The second-order valence-electron chi connectivity index (χ2n) is 5.05. The summed E-state index contributed by atoms with van der Waals surface area (Å²) < 4.78 is 5.76. The van der Waals surface area contributed by atoms with Crippen molar-refractivity contribution >= 4 is 0 Å². The van der Waals surface area contributed by atoms with E-state index in [0.29, 0.717) is 0 Å². The van der Waals surface area contributed by atoms with E-state index in [9.17, 15) is 0 Å². The number of morpholine rings is 1. The molecule has 0 radical (unpaired) electrons. The Bertz CT molecular complexity index is 524. The van der Waals surface area contributed by atoms with E-state index >= 15 is 0 Å². The molecule has 2 aromatic carbocycles. The molecular weight excluding hydrogens is 234 g/mol. The Kier molecular flexibility index (Phi) is 3.62. The van der Waals surface area contributed by atoms with E-state index in [1.807, 2.05) is 0 Å². The molecule has 2 nitrogen and oxygen atoms in total. The zero-order chi connectivity index (χ0) is 13.1. The number of hydrogen-bond donors (Lipinski definition) is 1. The molecule has 0 bridgehead atoms. The Morgan fingerprint density at radius 3 is 2.16 bits per heavy atom. The van der Waals surface area contributed by atoms with Crippen LogP contribution in [-0.2, 0) is 4.74 Å². The molecular formula is C17H19NO. The molecule has 0 spiro atoms. The highest BCUT2D eigenvalue weighted by Crippen LogP contribution is 2.24. The van der Waals surface area contributed by atoms with Gasteiger partial charge >= 0.3 is 0 Å². The van der Waals surface area contributed by atoms with Crippen LogP contribution in [0.25, 0.3) is 11.1 Å². The summed E-state index contributed by atoms with van der Waals surface area (Å²) in [5, 5.41) is 3.36. The van der Waals surface area contributed by atoms with Crippen LogP contribution < -0.4 is 5.32 Å². The number of rotatable bonds is 2. The van der Waals surface area contributed by atoms with E-state index in [0.717, 1.165) is 19.7 Å². The maximum Gasteiger partial charge on any atom is 0.0949 e. The number of benzene rings is 2. The lowest BCUT2D eigenvalue weighted by Crippen LogP contribution is -2.33. The predicted octanol–water partition coefficient (Wildman–Crippen LogP) is 3.32. The third-order valence-corrected chi connectivity index (χ3v) is 3.59. The van der Waals surface area contributed by atoms with Gasteiger partial charge in [0.05, 0.1) is 12.7 Å². The van der Waals surface area contributed by atoms with Crippen LogP contribution in [-0.4, -0.2) is 19.7 Å². The molecule has 0 saturated carbocycles. The summed E-state index contributed by atoms with van der Waals surface area (Å²) in [7, 11) is 0. The van der Waals surface area contributed by atoms with Crippen molar-refractivity contribution in [3.63, 3.8) is 0 Å². The molecule has 1 fully saturated rings. The summed E-state index contributed by atoms with van der Waals surface area (Å²) in [6, 6.07) is 17.3. The summed E-state index contributed by atoms with van der Waals surface area (Å²) in [4.78, 5) is 0. The average molecular weight is 253 g/mol. The molecule has 1 N–H and O–H groups in total. The van der Waals surface area contributed by atoms with Crippen molar-refractivity contribution in [3.8, 4) is 11.1 Å². The van der Waals surface area contributed by atoms with Crippen molar-refractivity contribution in [1.82, 2.24) is 5.32 Å². The van der Waals surface area contributed by atoms with Gasteiger partial charge in [0, 0.05) is 13.1 Å². The van der Waals surface area contributed by atoms with Gasteiger partial charge in [0.25, 0.3) is 0 Å². The van der Waals surface area contributed by atoms with Gasteiger partial charge in [0.15, 0.2) is 0 Å². The Hall–Kier alpha value is -1.64. The van der Waals surface area contributed by atoms with Gasteiger partial charge in [-0.15, -0.1) is 0 Å². The molecule has 1 saturated heterocycles. The minimum Gasteiger partial charge on any atom is -0.371 e. The molecule has 2 aromatic rings. The molecule has 0 amide bonds. The van der Waals surface area contributed by atoms with E-state index < -0.39 is 0 Å². The molecule has 0 aromatic heterocycles. The average Bonchev–Trinajstić information content (AvgIpc) is 2.49. The van der Waals surface area contributed by atoms with E-state index in [4.69, 9.17) is 4.74 Å². The summed E-state index contributed by atoms with van der Waals surface area (Å²) in [5.41, 5.74) is 5.07. The van der Waals surface area contributed by atoms with Crippen LogP contribution >= 0.6 is 0 Å². The lowest BCUT2D eigenvalue weighted by molar-refractivity contribution is 0.0277. The van der Waals surface area contributed by atoms with E-state index in [-0.39, 0.29) is 6.10 Å². The van der Waals surface area contributed by atoms with Crippen LogP contribution in [0, 0.1) is 6.92 Å². The van der Waals surface area contributed by atoms with Crippen molar-refractivity contribution in [1.29, 1.82) is 0 Å². The minimum atomic E-state index is 0.195. The number of aryl methyl sites for hydroxylation is 1. The van der Waals surface area contributed by atoms with Gasteiger partial charge in [0.2, 0.25) is 0 Å². The van der Waals surface area contributed by atoms with Gasteiger partial charge < -0.3 is 10.1 Å². The van der Waals surface area contributed by atoms with Crippen molar-refractivity contribution in [2.45, 2.75) is 13.0 Å². The number of hydrogen-bond acceptors (Lipinski definition) is 2. The minimum absolute atomic E-state index is 0.195. The Morgan fingerprint density at radius 2 is 1.58 bits per heavy atom. The fraction of sp³-hybridized carbons (Fsp3) is 0.294. The van der Waals surface area contributed by atoms with E-state index in [1.54, 1.807) is 0 Å². The molecule has 2 heteroatoms. The maximum atomic E-state index is 5.76. The first kappa shape index (κ1) is 12.4. The van der Waals surface area contributed by atoms with Gasteiger partial charge in [-0.25, -0.2) is 0 Å². The second-order valence-corrected chi connectivity index (χ2v) is 5.05. The highest BCUT2D eigenvalue weighted by atomic mass is 16.5. The van der Waals surface area contributed by atoms with Crippen LogP contribution in [0.4, 0.5) is 0 Å². The molecule has 1 atom stereocenters. The molecule has 1 aliphatic rings. The van der Waals surface area contributed by atoms with Crippen LogP contribution in [0.5, 0.6) is 0 Å². The lowest BCUT2D eigenvalue weighted by Gasteiger charge is -2.24. The zero-order valence-corrected chi connectivity index (χ0v) is 11.2. The standard InChI is InChI=1S/C17H19NO/c1-13-2-4-14(5-3-13)15-6-8-16(9-7-15)17-12-18-10-11-19-17/h2-9,17-18H,10-12H2,1H3. The molecule has 1 unspecified atom stereocenters. The van der Waals surface area contributed by atoms with Crippen molar-refractivity contribution in [3.05, 3.63) is 59.7 Å². The van der Waals surface area contributed by atoms with E-state index in [1.165, 1.54) is 22.3 Å². The van der Waals surface area contributed by atoms with Gasteiger partial charge in [-0.05, 0) is 23.6 Å². The molecule has 3 rings (SSSR count). The van der Waals surface area contributed by atoms with Crippen LogP contribution in [0.15, 0.2) is 48.5 Å². The highest BCUT2D eigenvalue weighted by molar-refractivity contribution is 5.64. The fourth-order valence-corrected chi connectivity index (χ4v) is 2.42. The third kappa shape index (κ3) is 2.86. The Labute approximate surface area is 114 Å². The van der Waals surface area contributed by atoms with E-state index in [2.05, 4.69) is 60.8 Å². The van der Waals surface area contributed by atoms with Crippen molar-refractivity contribution < 1.29 is 4.74 Å². The quantitative estimate of drug-likeness (QED) is 0.886. The topological polar surface area (TPSA) is 21.3 Å². The SMILES string of the molecule is Cc1ccc(-c2ccc(C3CNCCO3)cc2)cc1. The van der Waals surface area contributed by atoms with Crippen LogP contribution in [0.2, 0.25) is 0 Å². The highest BCUT2D eigenvalue weighted by Gasteiger charge is 2.15. The maximum absolute atomic E-state index is 5.76. The van der Waals surface area contributed by atoms with Gasteiger partial charge in [-0.1, -0.05) is 54.1 Å². The molecule has 1 aliphatic heterocycles. The Morgan fingerprint density at radius 1 is 0.947 bits per heavy atom. The number of nitrogens with one attached hydrogen (secondary N) is 1. The van der Waals surface area contributed by atoms with Gasteiger partial charge in [0.1, 0.15) is 0 Å². The Balaban J connectivity index is 1.80. The first-order chi connectivity index (χ1) is 9.33. The van der Waals surface area contributed by atoms with Gasteiger partial charge in [-0.3, -0.25) is 0 Å². The number of ether oxygens (including phenoxy) is 1. The van der Waals surface area contributed by atoms with Crippen molar-refractivity contribution in [2.24, 2.45) is 0 Å². The fourth-order valence-electron chi connectivity index (χ4n) is 2.42. The van der Waals surface area contributed by atoms with Gasteiger partial charge in [-0.2, -0.15) is 0 Å². The molecule has 98 valence electrons. The molecule has 19 heavy (non-hydrogen) atoms. The zero-order valence-electron chi connectivity index (χ0n) is 11.2. The largest absolute Gasteiger partial charge is 0.371 e. The summed E-state index contributed by atoms with van der Waals surface area (Å²) in [6.45, 7) is 4.77. The monoisotopic (exact) mass is 253 g/mol. The van der Waals surface area contributed by atoms with Crippen LogP contribution in [0.3, 0.4) is 0 Å². The predicted molar refractivity (Wildman–Crippen MR) is 78.2 cm³/mol. The van der Waals surface area contributed by atoms with Crippen LogP contribution in [0.1, 0.15) is 17.2 Å². The molecule has 0 aliphatic carbocycles. The summed E-state index contributed by atoms with van der Waals surface area (Å²) in [5.74, 6) is 0. The lowest BCUT2D eigenvalue weighted by atomic mass is 10.0. The summed E-state index contributed by atoms with van der Waals surface area (Å²) in [6.07, 6.45) is 0.195. The first-order valence-electron chi connectivity index (χ1n) is 6.82. The first-order valence-corrected chi connectivity index (χ1v) is 6.82. The molecule has 1 heterocycles.